The largest absolute Gasteiger partial charge is 0.379 e. The number of ether oxygens (including phenoxy) is 4. The number of hydroxylamine groups is 2. The lowest BCUT2D eigenvalue weighted by Gasteiger charge is -2.58. The zero-order valence-corrected chi connectivity index (χ0v) is 17.1. The minimum Gasteiger partial charge on any atom is -0.379 e. The average Bonchev–Trinajstić information content (AvgIpc) is 2.73. The number of morpholine rings is 3. The summed E-state index contributed by atoms with van der Waals surface area (Å²) in [6.07, 6.45) is 2.97. The van der Waals surface area contributed by atoms with Crippen LogP contribution in [0.1, 0.15) is 33.1 Å². The third-order valence-electron chi connectivity index (χ3n) is 5.45. The van der Waals surface area contributed by atoms with Crippen molar-refractivity contribution in [2.24, 2.45) is 0 Å². The fraction of sp³-hybridized carbons (Fsp3) is 1.00. The molecule has 2 atom stereocenters. The Balaban J connectivity index is 1.79. The lowest BCUT2D eigenvalue weighted by atomic mass is 10.1. The zero-order valence-electron chi connectivity index (χ0n) is 17.1. The lowest BCUT2D eigenvalue weighted by molar-refractivity contribution is -0.369. The molecular formula is C19H37N3O5. The van der Waals surface area contributed by atoms with Crippen molar-refractivity contribution in [1.29, 1.82) is 0 Å². The zero-order chi connectivity index (χ0) is 19.0. The molecule has 8 nitrogen and oxygen atoms in total. The van der Waals surface area contributed by atoms with Gasteiger partial charge in [-0.15, -0.1) is 5.06 Å². The highest BCUT2D eigenvalue weighted by Gasteiger charge is 2.52. The van der Waals surface area contributed by atoms with Crippen molar-refractivity contribution >= 4 is 0 Å². The smallest absolute Gasteiger partial charge is 0.178 e. The van der Waals surface area contributed by atoms with E-state index in [1.807, 2.05) is 0 Å². The topological polar surface area (TPSA) is 55.9 Å². The number of unbranched alkanes of at least 4 members (excludes halogenated alkanes) is 1. The quantitative estimate of drug-likeness (QED) is 0.546. The van der Waals surface area contributed by atoms with Gasteiger partial charge in [0.1, 0.15) is 0 Å². The summed E-state index contributed by atoms with van der Waals surface area (Å²) in [7, 11) is 0. The summed E-state index contributed by atoms with van der Waals surface area (Å²) < 4.78 is 23.4. The highest BCUT2D eigenvalue weighted by Crippen LogP contribution is 2.32. The summed E-state index contributed by atoms with van der Waals surface area (Å²) in [6.45, 7) is 13.2. The standard InChI is InChI=1S/C19H37N3O5/c1-3-5-11-27-22-9-14-24-17-19(22,20-6-12-23-13-7-20)21-8-15-26-18(16-21)25-10-4-2/h18H,3-17H2,1-2H3. The van der Waals surface area contributed by atoms with Gasteiger partial charge in [0, 0.05) is 26.2 Å². The van der Waals surface area contributed by atoms with Crippen molar-refractivity contribution in [2.75, 3.05) is 79.0 Å². The monoisotopic (exact) mass is 387 g/mol. The molecule has 0 radical (unpaired) electrons. The lowest BCUT2D eigenvalue weighted by Crippen LogP contribution is -2.77. The minimum atomic E-state index is -0.423. The van der Waals surface area contributed by atoms with E-state index >= 15 is 0 Å². The van der Waals surface area contributed by atoms with E-state index in [-0.39, 0.29) is 6.29 Å². The highest BCUT2D eigenvalue weighted by molar-refractivity contribution is 4.93. The summed E-state index contributed by atoms with van der Waals surface area (Å²) in [6, 6.07) is 0. The summed E-state index contributed by atoms with van der Waals surface area (Å²) >= 11 is 0. The van der Waals surface area contributed by atoms with Crippen LogP contribution in [0.4, 0.5) is 0 Å². The highest BCUT2D eigenvalue weighted by atomic mass is 16.7. The van der Waals surface area contributed by atoms with Crippen LogP contribution in [0.25, 0.3) is 0 Å². The third kappa shape index (κ3) is 5.19. The molecule has 0 aromatic heterocycles. The Bertz CT molecular complexity index is 424. The number of hydrogen-bond acceptors (Lipinski definition) is 8. The molecule has 0 aromatic carbocycles. The molecule has 0 aliphatic carbocycles. The third-order valence-corrected chi connectivity index (χ3v) is 5.45. The van der Waals surface area contributed by atoms with Gasteiger partial charge in [0.15, 0.2) is 12.1 Å². The SMILES string of the molecule is CCCCON1CCOCC1(N1CCOCC1)N1CCOC(OCCC)C1. The second-order valence-corrected chi connectivity index (χ2v) is 7.33. The predicted molar refractivity (Wildman–Crippen MR) is 101 cm³/mol. The van der Waals surface area contributed by atoms with E-state index in [0.29, 0.717) is 26.4 Å². The molecule has 0 N–H and O–H groups in total. The molecule has 0 spiro atoms. The molecule has 2 unspecified atom stereocenters. The van der Waals surface area contributed by atoms with Gasteiger partial charge < -0.3 is 18.9 Å². The van der Waals surface area contributed by atoms with Gasteiger partial charge in [-0.1, -0.05) is 20.3 Å². The molecule has 0 saturated carbocycles. The molecular weight excluding hydrogens is 350 g/mol. The van der Waals surface area contributed by atoms with Crippen molar-refractivity contribution in [3.8, 4) is 0 Å². The van der Waals surface area contributed by atoms with E-state index in [1.165, 1.54) is 0 Å². The molecule has 0 aromatic rings. The van der Waals surface area contributed by atoms with Crippen molar-refractivity contribution in [1.82, 2.24) is 14.9 Å². The molecule has 0 bridgehead atoms. The molecule has 158 valence electrons. The molecule has 3 saturated heterocycles. The fourth-order valence-electron chi connectivity index (χ4n) is 4.01. The first-order valence-electron chi connectivity index (χ1n) is 10.6. The van der Waals surface area contributed by atoms with Gasteiger partial charge in [-0.05, 0) is 12.8 Å². The predicted octanol–water partition coefficient (Wildman–Crippen LogP) is 1.12. The van der Waals surface area contributed by atoms with E-state index in [1.54, 1.807) is 0 Å². The van der Waals surface area contributed by atoms with E-state index in [2.05, 4.69) is 28.7 Å². The van der Waals surface area contributed by atoms with Crippen LogP contribution in [0.5, 0.6) is 0 Å². The Labute approximate surface area is 163 Å². The number of hydrogen-bond donors (Lipinski definition) is 0. The summed E-state index contributed by atoms with van der Waals surface area (Å²) in [5.74, 6) is -0.423. The van der Waals surface area contributed by atoms with E-state index < -0.39 is 5.79 Å². The summed E-state index contributed by atoms with van der Waals surface area (Å²) in [5, 5.41) is 2.17. The van der Waals surface area contributed by atoms with Crippen LogP contribution in [-0.4, -0.2) is 106 Å². The van der Waals surface area contributed by atoms with Crippen LogP contribution in [0.3, 0.4) is 0 Å². The first-order valence-corrected chi connectivity index (χ1v) is 10.6. The van der Waals surface area contributed by atoms with Crippen molar-refractivity contribution in [2.45, 2.75) is 45.2 Å². The number of rotatable bonds is 9. The van der Waals surface area contributed by atoms with Crippen LogP contribution >= 0.6 is 0 Å². The van der Waals surface area contributed by atoms with E-state index in [9.17, 15) is 0 Å². The summed E-state index contributed by atoms with van der Waals surface area (Å²) in [4.78, 5) is 11.2. The normalized spacial score (nSPS) is 32.0. The van der Waals surface area contributed by atoms with Gasteiger partial charge >= 0.3 is 0 Å². The fourth-order valence-corrected chi connectivity index (χ4v) is 4.01. The molecule has 3 aliphatic heterocycles. The minimum absolute atomic E-state index is 0.198. The van der Waals surface area contributed by atoms with Gasteiger partial charge in [0.25, 0.3) is 0 Å². The van der Waals surface area contributed by atoms with Crippen molar-refractivity contribution in [3.05, 3.63) is 0 Å². The Kier molecular flexibility index (Phi) is 8.73. The summed E-state index contributed by atoms with van der Waals surface area (Å²) in [5.41, 5.74) is 0. The van der Waals surface area contributed by atoms with Crippen molar-refractivity contribution < 1.29 is 23.8 Å². The van der Waals surface area contributed by atoms with Gasteiger partial charge in [0.05, 0.1) is 52.7 Å². The number of nitrogens with zero attached hydrogens (tertiary/aromatic N) is 3. The molecule has 8 heteroatoms. The van der Waals surface area contributed by atoms with Crippen LogP contribution < -0.4 is 0 Å². The maximum absolute atomic E-state index is 6.31. The maximum atomic E-state index is 6.31. The van der Waals surface area contributed by atoms with Gasteiger partial charge in [0.2, 0.25) is 0 Å². The maximum Gasteiger partial charge on any atom is 0.178 e. The Hall–Kier alpha value is -0.320. The Morgan fingerprint density at radius 1 is 0.889 bits per heavy atom. The van der Waals surface area contributed by atoms with Crippen LogP contribution in [0.15, 0.2) is 0 Å². The van der Waals surface area contributed by atoms with Crippen LogP contribution in [-0.2, 0) is 23.8 Å². The molecule has 3 aliphatic rings. The second kappa shape index (κ2) is 11.0. The molecule has 0 amide bonds. The van der Waals surface area contributed by atoms with Gasteiger partial charge in [-0.25, -0.2) is 0 Å². The van der Waals surface area contributed by atoms with Gasteiger partial charge in [-0.3, -0.25) is 14.6 Å². The molecule has 3 rings (SSSR count). The Morgan fingerprint density at radius 2 is 1.67 bits per heavy atom. The van der Waals surface area contributed by atoms with E-state index in [4.69, 9.17) is 23.8 Å². The van der Waals surface area contributed by atoms with Crippen molar-refractivity contribution in [3.63, 3.8) is 0 Å². The Morgan fingerprint density at radius 3 is 2.44 bits per heavy atom. The molecule has 3 fully saturated rings. The molecule has 27 heavy (non-hydrogen) atoms. The second-order valence-electron chi connectivity index (χ2n) is 7.33. The van der Waals surface area contributed by atoms with Crippen LogP contribution in [0, 0.1) is 0 Å². The van der Waals surface area contributed by atoms with E-state index in [0.717, 1.165) is 71.9 Å². The average molecular weight is 388 g/mol. The van der Waals surface area contributed by atoms with Gasteiger partial charge in [-0.2, -0.15) is 0 Å². The first kappa shape index (κ1) is 21.4. The first-order chi connectivity index (χ1) is 13.3. The van der Waals surface area contributed by atoms with Crippen LogP contribution in [0.2, 0.25) is 0 Å². The molecule has 3 heterocycles.